The van der Waals surface area contributed by atoms with Crippen LogP contribution in [0.2, 0.25) is 11.3 Å². The lowest BCUT2D eigenvalue weighted by Crippen LogP contribution is -2.46. The van der Waals surface area contributed by atoms with E-state index in [0.29, 0.717) is 50.0 Å². The van der Waals surface area contributed by atoms with E-state index in [-0.39, 0.29) is 36.0 Å². The molecule has 10 heteroatoms. The second-order valence-electron chi connectivity index (χ2n) is 11.9. The highest BCUT2D eigenvalue weighted by atomic mass is 35.5. The zero-order chi connectivity index (χ0) is 30.4. The molecule has 0 aromatic heterocycles. The summed E-state index contributed by atoms with van der Waals surface area (Å²) < 4.78 is 6.15. The molecule has 0 saturated carbocycles. The number of allylic oxidation sites excluding steroid dienone is 2. The Morgan fingerprint density at radius 1 is 1.10 bits per heavy atom. The molecule has 3 aliphatic rings. The minimum atomic E-state index is -1.01. The number of hydrogen-bond donors (Lipinski definition) is 3. The Morgan fingerprint density at radius 3 is 2.57 bits per heavy atom. The number of amides is 2. The number of unbranched alkanes of at least 4 members (excludes halogenated alkanes) is 2. The number of hydrogen-bond acceptors (Lipinski definition) is 6. The van der Waals surface area contributed by atoms with Crippen molar-refractivity contribution in [1.29, 1.82) is 0 Å². The van der Waals surface area contributed by atoms with Crippen LogP contribution in [0.1, 0.15) is 90.0 Å². The molecule has 2 amide bonds. The van der Waals surface area contributed by atoms with Crippen LogP contribution < -0.4 is 0 Å². The average molecular weight is 600 g/mol. The van der Waals surface area contributed by atoms with Crippen molar-refractivity contribution in [3.05, 3.63) is 45.5 Å². The van der Waals surface area contributed by atoms with Gasteiger partial charge in [0.1, 0.15) is 5.75 Å². The number of carbonyl (C=O) groups is 3. The summed E-state index contributed by atoms with van der Waals surface area (Å²) in [7, 11) is -1.01. The number of likely N-dealkylation sites (tertiary alicyclic amines) is 1. The molecule has 42 heavy (non-hydrogen) atoms. The molecule has 2 saturated heterocycles. The van der Waals surface area contributed by atoms with Crippen molar-refractivity contribution >= 4 is 42.6 Å². The number of fused-ring (bicyclic) bond motifs is 3. The second kappa shape index (κ2) is 14.7. The van der Waals surface area contributed by atoms with Gasteiger partial charge in [-0.25, -0.2) is 0 Å². The number of carboxylic acid groups (broad SMARTS) is 1. The molecule has 4 atom stereocenters. The molecule has 1 aliphatic carbocycles. The molecule has 3 N–H and O–H groups in total. The van der Waals surface area contributed by atoms with Crippen LogP contribution in [0.15, 0.2) is 34.9 Å². The summed E-state index contributed by atoms with van der Waals surface area (Å²) in [6.07, 6.45) is 9.32. The van der Waals surface area contributed by atoms with Crippen LogP contribution in [0.3, 0.4) is 0 Å². The lowest BCUT2D eigenvalue weighted by Gasteiger charge is -2.43. The van der Waals surface area contributed by atoms with Gasteiger partial charge in [0.2, 0.25) is 11.8 Å². The Hall–Kier alpha value is -2.62. The van der Waals surface area contributed by atoms with Gasteiger partial charge in [-0.05, 0) is 86.5 Å². The molecule has 0 bridgehead atoms. The number of phenolic OH excluding ortho intramolecular Hbond substituents is 1. The summed E-state index contributed by atoms with van der Waals surface area (Å²) >= 11 is 6.38. The lowest BCUT2D eigenvalue weighted by atomic mass is 9.58. The SMILES string of the molecule is CCCC1=C2[C@@H](CC/C(=C/c3ccc(O)cc3Cl)CCC)OB(O)C[C@@H]2[C@@H]2C(=O)N(CCCCCC(=O)O)C(=O)[C@@H]2C1. The van der Waals surface area contributed by atoms with Gasteiger partial charge in [0.25, 0.3) is 0 Å². The number of imide groups is 1. The number of aliphatic carboxylic acids is 1. The van der Waals surface area contributed by atoms with Gasteiger partial charge in [-0.15, -0.1) is 0 Å². The van der Waals surface area contributed by atoms with Gasteiger partial charge in [0.05, 0.1) is 23.0 Å². The summed E-state index contributed by atoms with van der Waals surface area (Å²) in [5.74, 6) is -2.16. The molecule has 1 aromatic carbocycles. The number of aromatic hydroxyl groups is 1. The van der Waals surface area contributed by atoms with Gasteiger partial charge in [0, 0.05) is 13.0 Å². The molecule has 1 aromatic rings. The zero-order valence-corrected chi connectivity index (χ0v) is 25.4. The molecule has 2 fully saturated rings. The van der Waals surface area contributed by atoms with E-state index in [9.17, 15) is 24.5 Å². The van der Waals surface area contributed by atoms with Gasteiger partial charge in [-0.2, -0.15) is 0 Å². The third-order valence-electron chi connectivity index (χ3n) is 8.87. The third kappa shape index (κ3) is 7.47. The largest absolute Gasteiger partial charge is 0.508 e. The minimum absolute atomic E-state index is 0.0826. The van der Waals surface area contributed by atoms with E-state index >= 15 is 0 Å². The zero-order valence-electron chi connectivity index (χ0n) is 24.7. The molecular formula is C32H43BClNO7. The van der Waals surface area contributed by atoms with E-state index in [2.05, 4.69) is 19.9 Å². The fourth-order valence-electron chi connectivity index (χ4n) is 7.07. The second-order valence-corrected chi connectivity index (χ2v) is 12.3. The Kier molecular flexibility index (Phi) is 11.3. The van der Waals surface area contributed by atoms with Crippen LogP contribution >= 0.6 is 11.6 Å². The number of benzene rings is 1. The normalized spacial score (nSPS) is 24.3. The molecule has 228 valence electrons. The van der Waals surface area contributed by atoms with Crippen LogP contribution in [0, 0.1) is 17.8 Å². The molecule has 2 heterocycles. The first kappa shape index (κ1) is 32.3. The fraction of sp³-hybridized carbons (Fsp3) is 0.594. The van der Waals surface area contributed by atoms with Gasteiger partial charge in [-0.1, -0.05) is 61.9 Å². The van der Waals surface area contributed by atoms with Gasteiger partial charge in [0.15, 0.2) is 0 Å². The summed E-state index contributed by atoms with van der Waals surface area (Å²) in [5, 5.41) is 29.9. The predicted molar refractivity (Wildman–Crippen MR) is 163 cm³/mol. The smallest absolute Gasteiger partial charge is 0.455 e. The Morgan fingerprint density at radius 2 is 1.88 bits per heavy atom. The van der Waals surface area contributed by atoms with Crippen LogP contribution in [0.4, 0.5) is 0 Å². The monoisotopic (exact) mass is 599 g/mol. The molecular weight excluding hydrogens is 557 g/mol. The average Bonchev–Trinajstić information content (AvgIpc) is 3.17. The summed E-state index contributed by atoms with van der Waals surface area (Å²) in [6.45, 7) is 4.53. The van der Waals surface area contributed by atoms with Crippen molar-refractivity contribution in [2.75, 3.05) is 6.54 Å². The first-order valence-electron chi connectivity index (χ1n) is 15.4. The summed E-state index contributed by atoms with van der Waals surface area (Å²) in [5.41, 5.74) is 4.32. The van der Waals surface area contributed by atoms with Crippen molar-refractivity contribution in [3.63, 3.8) is 0 Å². The van der Waals surface area contributed by atoms with Crippen molar-refractivity contribution in [3.8, 4) is 5.75 Å². The molecule has 0 radical (unpaired) electrons. The van der Waals surface area contributed by atoms with Crippen molar-refractivity contribution in [2.24, 2.45) is 17.8 Å². The number of halogens is 1. The van der Waals surface area contributed by atoms with Gasteiger partial charge < -0.3 is 19.9 Å². The van der Waals surface area contributed by atoms with Crippen LogP contribution in [-0.2, 0) is 19.0 Å². The minimum Gasteiger partial charge on any atom is -0.508 e. The number of carboxylic acids is 1. The maximum atomic E-state index is 13.7. The maximum absolute atomic E-state index is 13.7. The highest BCUT2D eigenvalue weighted by Gasteiger charge is 2.56. The summed E-state index contributed by atoms with van der Waals surface area (Å²) in [4.78, 5) is 39.4. The topological polar surface area (TPSA) is 124 Å². The van der Waals surface area contributed by atoms with E-state index in [0.717, 1.165) is 43.2 Å². The van der Waals surface area contributed by atoms with E-state index in [1.807, 2.05) is 0 Å². The van der Waals surface area contributed by atoms with E-state index < -0.39 is 24.9 Å². The maximum Gasteiger partial charge on any atom is 0.455 e. The fourth-order valence-corrected chi connectivity index (χ4v) is 7.30. The Labute approximate surface area is 253 Å². The van der Waals surface area contributed by atoms with Gasteiger partial charge in [-0.3, -0.25) is 19.3 Å². The van der Waals surface area contributed by atoms with Crippen LogP contribution in [0.25, 0.3) is 6.08 Å². The Balaban J connectivity index is 1.54. The first-order valence-corrected chi connectivity index (χ1v) is 15.8. The number of rotatable bonds is 14. The van der Waals surface area contributed by atoms with E-state index in [1.54, 1.807) is 12.1 Å². The standard InChI is InChI=1S/C32H43BClNO7/c1-3-8-20(16-21-12-13-23(36)18-26(21)34)11-14-27-29-22(9-4-2)17-24-30(25(29)19-33(41)42-27)32(40)35(31(24)39)15-7-5-6-10-28(37)38/h12-13,16,18,24-25,27,30,36,41H,3-11,14-15,17,19H2,1-2H3,(H,37,38)/b20-16+/t24-,25+,27-,30-/m1/s1. The molecule has 8 nitrogen and oxygen atoms in total. The van der Waals surface area contributed by atoms with Crippen molar-refractivity contribution < 1.29 is 34.3 Å². The predicted octanol–water partition coefficient (Wildman–Crippen LogP) is 6.25. The third-order valence-corrected chi connectivity index (χ3v) is 9.19. The molecule has 0 spiro atoms. The quantitative estimate of drug-likeness (QED) is 0.0999. The van der Waals surface area contributed by atoms with Crippen molar-refractivity contribution in [2.45, 2.75) is 96.9 Å². The highest BCUT2D eigenvalue weighted by molar-refractivity contribution is 6.43. The summed E-state index contributed by atoms with van der Waals surface area (Å²) in [6, 6.07) is 4.95. The molecule has 0 unspecified atom stereocenters. The first-order chi connectivity index (χ1) is 20.1. The van der Waals surface area contributed by atoms with E-state index in [1.165, 1.54) is 22.1 Å². The highest BCUT2D eigenvalue weighted by Crippen LogP contribution is 2.51. The van der Waals surface area contributed by atoms with E-state index in [4.69, 9.17) is 21.4 Å². The lowest BCUT2D eigenvalue weighted by molar-refractivity contribution is -0.141. The molecule has 2 aliphatic heterocycles. The van der Waals surface area contributed by atoms with Gasteiger partial charge >= 0.3 is 13.1 Å². The Bertz CT molecular complexity index is 1230. The van der Waals surface area contributed by atoms with Crippen LogP contribution in [-0.4, -0.2) is 57.7 Å². The van der Waals surface area contributed by atoms with Crippen molar-refractivity contribution in [1.82, 2.24) is 4.90 Å². The number of phenols is 1. The number of carbonyl (C=O) groups excluding carboxylic acids is 2. The van der Waals surface area contributed by atoms with Crippen LogP contribution in [0.5, 0.6) is 5.75 Å². The number of nitrogens with zero attached hydrogens (tertiary/aromatic N) is 1. The molecule has 4 rings (SSSR count).